The maximum absolute atomic E-state index is 12.4. The molecule has 0 amide bonds. The van der Waals surface area contributed by atoms with E-state index in [9.17, 15) is 34.8 Å². The molecular weight excluding hydrogens is 382 g/mol. The highest BCUT2D eigenvalue weighted by Gasteiger charge is 2.60. The van der Waals surface area contributed by atoms with Gasteiger partial charge in [0.15, 0.2) is 0 Å². The second-order valence-corrected chi connectivity index (χ2v) is 7.38. The number of hydrogen-bond donors (Lipinski definition) is 0. The summed E-state index contributed by atoms with van der Waals surface area (Å²) in [5.41, 5.74) is 0.562. The summed E-state index contributed by atoms with van der Waals surface area (Å²) in [6.07, 6.45) is -16.2. The Bertz CT molecular complexity index is 779. The summed E-state index contributed by atoms with van der Waals surface area (Å²) in [7, 11) is -5.23. The molecule has 2 aromatic rings. The van der Waals surface area contributed by atoms with Gasteiger partial charge in [0.05, 0.1) is 0 Å². The van der Waals surface area contributed by atoms with Crippen molar-refractivity contribution in [2.75, 3.05) is 0 Å². The maximum Gasteiger partial charge on any atom is 0.425 e. The normalized spacial score (nSPS) is 13.5. The van der Waals surface area contributed by atoms with Crippen molar-refractivity contribution in [3.8, 4) is 10.4 Å². The summed E-state index contributed by atoms with van der Waals surface area (Å²) in [4.78, 5) is 0.355. The lowest BCUT2D eigenvalue weighted by atomic mass is 10.2. The Kier molecular flexibility index (Phi) is 4.98. The van der Waals surface area contributed by atoms with E-state index in [-0.39, 0.29) is 0 Å². The molecule has 0 aliphatic heterocycles. The Morgan fingerprint density at radius 3 is 1.92 bits per heavy atom. The molecule has 0 aliphatic rings. The molecule has 0 radical (unpaired) electrons. The molecule has 0 saturated heterocycles. The van der Waals surface area contributed by atoms with E-state index in [0.29, 0.717) is 21.8 Å². The number of hydrogen-bond acceptors (Lipinski definition) is 4. The molecule has 0 bridgehead atoms. The van der Waals surface area contributed by atoms with E-state index in [2.05, 4.69) is 4.18 Å². The summed E-state index contributed by atoms with van der Waals surface area (Å²) in [5, 5.41) is 0. The first-order valence-electron chi connectivity index (χ1n) is 6.13. The molecule has 11 heteroatoms. The number of rotatable bonds is 4. The van der Waals surface area contributed by atoms with Crippen molar-refractivity contribution in [1.29, 1.82) is 0 Å². The molecule has 0 N–H and O–H groups in total. The third-order valence-electron chi connectivity index (χ3n) is 2.70. The standard InChI is InChI=1S/C13H8F6O3S2/c14-12(15,16)11(13(17,18)19)22-24(20,21)10-7-6-9(23-10)8-4-2-1-3-5-8/h1-7,11H. The van der Waals surface area contributed by atoms with Crippen LogP contribution in [0.2, 0.25) is 0 Å². The minimum absolute atomic E-state index is 0.355. The Morgan fingerprint density at radius 2 is 1.42 bits per heavy atom. The highest BCUT2D eigenvalue weighted by Crippen LogP contribution is 2.39. The third kappa shape index (κ3) is 4.28. The molecule has 0 unspecified atom stereocenters. The first-order chi connectivity index (χ1) is 10.9. The summed E-state index contributed by atoms with van der Waals surface area (Å²) in [6.45, 7) is 0. The van der Waals surface area contributed by atoms with Gasteiger partial charge in [-0.05, 0) is 17.7 Å². The van der Waals surface area contributed by atoms with Crippen LogP contribution in [-0.4, -0.2) is 26.9 Å². The molecule has 1 aromatic heterocycles. The lowest BCUT2D eigenvalue weighted by molar-refractivity contribution is -0.299. The van der Waals surface area contributed by atoms with Crippen LogP contribution in [0.3, 0.4) is 0 Å². The van der Waals surface area contributed by atoms with Gasteiger partial charge >= 0.3 is 22.5 Å². The lowest BCUT2D eigenvalue weighted by Gasteiger charge is -2.22. The van der Waals surface area contributed by atoms with Crippen LogP contribution >= 0.6 is 11.3 Å². The summed E-state index contributed by atoms with van der Waals surface area (Å²) in [5.74, 6) is 0. The van der Waals surface area contributed by atoms with Crippen LogP contribution in [0, 0.1) is 0 Å². The zero-order valence-electron chi connectivity index (χ0n) is 11.4. The van der Waals surface area contributed by atoms with Gasteiger partial charge in [-0.3, -0.25) is 0 Å². The van der Waals surface area contributed by atoms with Gasteiger partial charge in [0.2, 0.25) is 0 Å². The second kappa shape index (κ2) is 6.37. The Morgan fingerprint density at radius 1 is 0.875 bits per heavy atom. The molecule has 0 saturated carbocycles. The fourth-order valence-electron chi connectivity index (χ4n) is 1.68. The SMILES string of the molecule is O=S(=O)(OC(C(F)(F)F)C(F)(F)F)c1ccc(-c2ccccc2)s1. The molecule has 132 valence electrons. The highest BCUT2D eigenvalue weighted by atomic mass is 32.3. The van der Waals surface area contributed by atoms with E-state index < -0.39 is 32.8 Å². The summed E-state index contributed by atoms with van der Waals surface area (Å²) < 4.78 is 101. The number of alkyl halides is 6. The average Bonchev–Trinajstić information content (AvgIpc) is 2.94. The largest absolute Gasteiger partial charge is 0.425 e. The highest BCUT2D eigenvalue weighted by molar-refractivity contribution is 7.89. The van der Waals surface area contributed by atoms with Crippen molar-refractivity contribution in [3.05, 3.63) is 42.5 Å². The molecule has 0 fully saturated rings. The first-order valence-corrected chi connectivity index (χ1v) is 8.36. The van der Waals surface area contributed by atoms with Crippen molar-refractivity contribution < 1.29 is 38.9 Å². The first kappa shape index (κ1) is 18.7. The van der Waals surface area contributed by atoms with Crippen LogP contribution in [0.1, 0.15) is 0 Å². The Balaban J connectivity index is 2.33. The predicted molar refractivity (Wildman–Crippen MR) is 73.9 cm³/mol. The van der Waals surface area contributed by atoms with Crippen molar-refractivity contribution in [1.82, 2.24) is 0 Å². The number of thiophene rings is 1. The quantitative estimate of drug-likeness (QED) is 0.566. The average molecular weight is 390 g/mol. The molecular formula is C13H8F6O3S2. The van der Waals surface area contributed by atoms with Gasteiger partial charge in [0.25, 0.3) is 6.10 Å². The Labute approximate surface area is 136 Å². The molecule has 3 nitrogen and oxygen atoms in total. The number of halogens is 6. The van der Waals surface area contributed by atoms with Gasteiger partial charge in [-0.15, -0.1) is 11.3 Å². The Hall–Kier alpha value is -1.59. The number of benzene rings is 1. The second-order valence-electron chi connectivity index (χ2n) is 4.50. The topological polar surface area (TPSA) is 43.4 Å². The van der Waals surface area contributed by atoms with Crippen LogP contribution in [0.25, 0.3) is 10.4 Å². The fraction of sp³-hybridized carbons (Fsp3) is 0.231. The molecule has 0 spiro atoms. The third-order valence-corrected chi connectivity index (χ3v) is 5.57. The molecule has 2 rings (SSSR count). The van der Waals surface area contributed by atoms with Gasteiger partial charge in [-0.1, -0.05) is 30.3 Å². The van der Waals surface area contributed by atoms with Crippen LogP contribution in [-0.2, 0) is 14.3 Å². The molecule has 0 atom stereocenters. The summed E-state index contributed by atoms with van der Waals surface area (Å²) >= 11 is 0.509. The smallest absolute Gasteiger partial charge is 0.243 e. The van der Waals surface area contributed by atoms with E-state index in [0.717, 1.165) is 6.07 Å². The molecule has 1 heterocycles. The van der Waals surface area contributed by atoms with Crippen LogP contribution in [0.5, 0.6) is 0 Å². The monoisotopic (exact) mass is 390 g/mol. The van der Waals surface area contributed by atoms with Gasteiger partial charge < -0.3 is 0 Å². The van der Waals surface area contributed by atoms with Gasteiger partial charge in [-0.25, -0.2) is 4.18 Å². The van der Waals surface area contributed by atoms with E-state index in [1.54, 1.807) is 30.3 Å². The van der Waals surface area contributed by atoms with Gasteiger partial charge in [-0.2, -0.15) is 34.8 Å². The summed E-state index contributed by atoms with van der Waals surface area (Å²) in [6, 6.07) is 10.4. The predicted octanol–water partition coefficient (Wildman–Crippen LogP) is 4.61. The zero-order valence-corrected chi connectivity index (χ0v) is 13.1. The van der Waals surface area contributed by atoms with E-state index in [1.165, 1.54) is 6.07 Å². The van der Waals surface area contributed by atoms with E-state index >= 15 is 0 Å². The fourth-order valence-corrected chi connectivity index (χ4v) is 4.02. The molecule has 24 heavy (non-hydrogen) atoms. The molecule has 0 aliphatic carbocycles. The lowest BCUT2D eigenvalue weighted by Crippen LogP contribution is -2.45. The molecule has 1 aromatic carbocycles. The van der Waals surface area contributed by atoms with Crippen molar-refractivity contribution >= 4 is 21.5 Å². The van der Waals surface area contributed by atoms with Crippen LogP contribution < -0.4 is 0 Å². The van der Waals surface area contributed by atoms with Crippen LogP contribution in [0.4, 0.5) is 26.3 Å². The van der Waals surface area contributed by atoms with Crippen molar-refractivity contribution in [3.63, 3.8) is 0 Å². The minimum Gasteiger partial charge on any atom is -0.243 e. The van der Waals surface area contributed by atoms with Gasteiger partial charge in [0, 0.05) is 4.88 Å². The minimum atomic E-state index is -5.91. The van der Waals surface area contributed by atoms with Crippen molar-refractivity contribution in [2.45, 2.75) is 22.7 Å². The van der Waals surface area contributed by atoms with E-state index in [1.807, 2.05) is 0 Å². The van der Waals surface area contributed by atoms with Crippen LogP contribution in [0.15, 0.2) is 46.7 Å². The van der Waals surface area contributed by atoms with E-state index in [4.69, 9.17) is 0 Å². The zero-order chi connectivity index (χ0) is 18.2. The van der Waals surface area contributed by atoms with Gasteiger partial charge in [0.1, 0.15) is 4.21 Å². The maximum atomic E-state index is 12.4. The van der Waals surface area contributed by atoms with Crippen molar-refractivity contribution in [2.24, 2.45) is 0 Å².